The Hall–Kier alpha value is -2.17. The number of halogens is 3. The highest BCUT2D eigenvalue weighted by molar-refractivity contribution is 6.00. The van der Waals surface area contributed by atoms with Gasteiger partial charge in [-0.3, -0.25) is 9.78 Å². The van der Waals surface area contributed by atoms with Crippen molar-refractivity contribution < 1.29 is 18.0 Å². The summed E-state index contributed by atoms with van der Waals surface area (Å²) in [5.74, 6) is -1.84. The molecule has 2 aromatic rings. The largest absolute Gasteiger partial charge is 0.454 e. The first-order chi connectivity index (χ1) is 8.48. The van der Waals surface area contributed by atoms with Crippen LogP contribution in [0.5, 0.6) is 0 Å². The number of benzene rings is 1. The highest BCUT2D eigenvalue weighted by atomic mass is 19.4. The van der Waals surface area contributed by atoms with Crippen molar-refractivity contribution in [3.05, 3.63) is 54.2 Å². The lowest BCUT2D eigenvalue weighted by molar-refractivity contribution is -0.0885. The third kappa shape index (κ3) is 2.56. The van der Waals surface area contributed by atoms with Crippen LogP contribution in [0.15, 0.2) is 48.7 Å². The van der Waals surface area contributed by atoms with Crippen LogP contribution in [0.25, 0.3) is 11.3 Å². The second-order valence-corrected chi connectivity index (χ2v) is 3.62. The first-order valence-electron chi connectivity index (χ1n) is 5.11. The quantitative estimate of drug-likeness (QED) is 0.765. The molecule has 0 saturated heterocycles. The van der Waals surface area contributed by atoms with Gasteiger partial charge in [-0.15, -0.1) is 0 Å². The van der Waals surface area contributed by atoms with Crippen molar-refractivity contribution in [3.8, 4) is 11.3 Å². The van der Waals surface area contributed by atoms with Gasteiger partial charge >= 0.3 is 6.18 Å². The van der Waals surface area contributed by atoms with Crippen LogP contribution in [0.4, 0.5) is 13.2 Å². The molecule has 0 saturated carbocycles. The van der Waals surface area contributed by atoms with Gasteiger partial charge in [-0.05, 0) is 12.1 Å². The standard InChI is InChI=1S/C13H8F3NO/c14-13(15,16)12(18)10-6-4-9(5-7-10)11-3-1-2-8-17-11/h1-8H. The Bertz CT molecular complexity index is 547. The highest BCUT2D eigenvalue weighted by Gasteiger charge is 2.39. The van der Waals surface area contributed by atoms with Gasteiger partial charge in [0.05, 0.1) is 5.69 Å². The highest BCUT2D eigenvalue weighted by Crippen LogP contribution is 2.23. The molecule has 18 heavy (non-hydrogen) atoms. The third-order valence-corrected chi connectivity index (χ3v) is 2.37. The lowest BCUT2D eigenvalue weighted by Crippen LogP contribution is -2.22. The molecule has 0 aliphatic carbocycles. The molecule has 0 N–H and O–H groups in total. The third-order valence-electron chi connectivity index (χ3n) is 2.37. The normalized spacial score (nSPS) is 11.3. The van der Waals surface area contributed by atoms with Gasteiger partial charge in [-0.1, -0.05) is 30.3 Å². The van der Waals surface area contributed by atoms with Gasteiger partial charge in [0.25, 0.3) is 5.78 Å². The van der Waals surface area contributed by atoms with E-state index in [0.717, 1.165) is 12.1 Å². The molecule has 2 rings (SSSR count). The van der Waals surface area contributed by atoms with Gasteiger partial charge in [0, 0.05) is 17.3 Å². The van der Waals surface area contributed by atoms with Crippen LogP contribution in [0, 0.1) is 0 Å². The maximum Gasteiger partial charge on any atom is 0.454 e. The number of nitrogens with zero attached hydrogens (tertiary/aromatic N) is 1. The Morgan fingerprint density at radius 2 is 1.67 bits per heavy atom. The molecule has 5 heteroatoms. The number of ketones is 1. The molecule has 0 bridgehead atoms. The van der Waals surface area contributed by atoms with E-state index in [9.17, 15) is 18.0 Å². The van der Waals surface area contributed by atoms with E-state index in [0.29, 0.717) is 11.3 Å². The summed E-state index contributed by atoms with van der Waals surface area (Å²) in [6.45, 7) is 0. The zero-order valence-electron chi connectivity index (χ0n) is 9.11. The van der Waals surface area contributed by atoms with E-state index in [4.69, 9.17) is 0 Å². The molecule has 1 heterocycles. The maximum absolute atomic E-state index is 12.2. The summed E-state index contributed by atoms with van der Waals surface area (Å²) < 4.78 is 36.6. The molecule has 92 valence electrons. The SMILES string of the molecule is O=C(c1ccc(-c2ccccn2)cc1)C(F)(F)F. The number of carbonyl (C=O) groups excluding carboxylic acids is 1. The molecule has 0 amide bonds. The summed E-state index contributed by atoms with van der Waals surface area (Å²) in [5, 5.41) is 0. The molecule has 0 aliphatic rings. The molecule has 0 aliphatic heterocycles. The van der Waals surface area contributed by atoms with Crippen LogP contribution in [-0.2, 0) is 0 Å². The Labute approximate surface area is 101 Å². The lowest BCUT2D eigenvalue weighted by atomic mass is 10.1. The second kappa shape index (κ2) is 4.60. The van der Waals surface area contributed by atoms with E-state index in [-0.39, 0.29) is 5.56 Å². The number of rotatable bonds is 2. The van der Waals surface area contributed by atoms with Gasteiger partial charge < -0.3 is 0 Å². The summed E-state index contributed by atoms with van der Waals surface area (Å²) in [4.78, 5) is 15.0. The number of aromatic nitrogens is 1. The number of hydrogen-bond acceptors (Lipinski definition) is 2. The average Bonchev–Trinajstić information content (AvgIpc) is 2.38. The van der Waals surface area contributed by atoms with Gasteiger partial charge in [0.15, 0.2) is 0 Å². The molecular weight excluding hydrogens is 243 g/mol. The zero-order chi connectivity index (χ0) is 13.2. The summed E-state index contributed by atoms with van der Waals surface area (Å²) in [5.41, 5.74) is 0.931. The minimum atomic E-state index is -4.84. The molecule has 0 fully saturated rings. The van der Waals surface area contributed by atoms with Crippen molar-refractivity contribution in [2.75, 3.05) is 0 Å². The topological polar surface area (TPSA) is 30.0 Å². The smallest absolute Gasteiger partial charge is 0.284 e. The average molecular weight is 251 g/mol. The van der Waals surface area contributed by atoms with Gasteiger partial charge in [0.1, 0.15) is 0 Å². The van der Waals surface area contributed by atoms with Crippen LogP contribution in [0.2, 0.25) is 0 Å². The minimum Gasteiger partial charge on any atom is -0.284 e. The summed E-state index contributed by atoms with van der Waals surface area (Å²) in [6, 6.07) is 10.4. The Kier molecular flexibility index (Phi) is 3.14. The molecule has 2 nitrogen and oxygen atoms in total. The van der Waals surface area contributed by atoms with Gasteiger partial charge in [-0.25, -0.2) is 0 Å². The maximum atomic E-state index is 12.2. The summed E-state index contributed by atoms with van der Waals surface area (Å²) in [7, 11) is 0. The molecule has 1 aromatic carbocycles. The Morgan fingerprint density at radius 1 is 1.00 bits per heavy atom. The summed E-state index contributed by atoms with van der Waals surface area (Å²) >= 11 is 0. The van der Waals surface area contributed by atoms with Crippen LogP contribution in [0.1, 0.15) is 10.4 Å². The molecule has 0 spiro atoms. The fourth-order valence-electron chi connectivity index (χ4n) is 1.49. The van der Waals surface area contributed by atoms with Crippen LogP contribution >= 0.6 is 0 Å². The van der Waals surface area contributed by atoms with Crippen LogP contribution in [0.3, 0.4) is 0 Å². The van der Waals surface area contributed by atoms with Crippen molar-refractivity contribution >= 4 is 5.78 Å². The zero-order valence-corrected chi connectivity index (χ0v) is 9.11. The van der Waals surface area contributed by atoms with E-state index >= 15 is 0 Å². The van der Waals surface area contributed by atoms with Crippen LogP contribution in [-0.4, -0.2) is 16.9 Å². The van der Waals surface area contributed by atoms with E-state index in [1.807, 2.05) is 0 Å². The molecular formula is C13H8F3NO. The molecule has 0 atom stereocenters. The monoisotopic (exact) mass is 251 g/mol. The molecule has 0 unspecified atom stereocenters. The lowest BCUT2D eigenvalue weighted by Gasteiger charge is -2.06. The van der Waals surface area contributed by atoms with Crippen molar-refractivity contribution in [3.63, 3.8) is 0 Å². The van der Waals surface area contributed by atoms with Crippen molar-refractivity contribution in [1.82, 2.24) is 4.98 Å². The fourth-order valence-corrected chi connectivity index (χ4v) is 1.49. The predicted octanol–water partition coefficient (Wildman–Crippen LogP) is 3.49. The first-order valence-corrected chi connectivity index (χ1v) is 5.11. The van der Waals surface area contributed by atoms with Crippen molar-refractivity contribution in [2.45, 2.75) is 6.18 Å². The number of pyridine rings is 1. The predicted molar refractivity (Wildman–Crippen MR) is 60.1 cm³/mol. The van der Waals surface area contributed by atoms with Gasteiger partial charge in [0.2, 0.25) is 0 Å². The second-order valence-electron chi connectivity index (χ2n) is 3.62. The Balaban J connectivity index is 2.29. The van der Waals surface area contributed by atoms with E-state index in [2.05, 4.69) is 4.98 Å². The molecule has 0 radical (unpaired) electrons. The molecule has 1 aromatic heterocycles. The van der Waals surface area contributed by atoms with E-state index < -0.39 is 12.0 Å². The van der Waals surface area contributed by atoms with Crippen molar-refractivity contribution in [2.24, 2.45) is 0 Å². The van der Waals surface area contributed by atoms with E-state index in [1.54, 1.807) is 24.4 Å². The van der Waals surface area contributed by atoms with E-state index in [1.165, 1.54) is 12.1 Å². The van der Waals surface area contributed by atoms with Crippen molar-refractivity contribution in [1.29, 1.82) is 0 Å². The Morgan fingerprint density at radius 3 is 2.17 bits per heavy atom. The number of carbonyl (C=O) groups is 1. The first kappa shape index (κ1) is 12.3. The number of alkyl halides is 3. The fraction of sp³-hybridized carbons (Fsp3) is 0.0769. The summed E-state index contributed by atoms with van der Waals surface area (Å²) in [6.07, 6.45) is -3.25. The minimum absolute atomic E-state index is 0.373. The number of hydrogen-bond donors (Lipinski definition) is 0. The number of Topliss-reactive ketones (excluding diaryl/α,β-unsaturated/α-hetero) is 1. The van der Waals surface area contributed by atoms with Crippen LogP contribution < -0.4 is 0 Å². The van der Waals surface area contributed by atoms with Gasteiger partial charge in [-0.2, -0.15) is 13.2 Å².